The smallest absolute Gasteiger partial charge is 0.295 e. The number of fused-ring (bicyclic) bond motifs is 1. The normalized spacial score (nSPS) is 10.3. The van der Waals surface area contributed by atoms with Crippen LogP contribution in [0.1, 0.15) is 5.56 Å². The number of nitro groups is 1. The van der Waals surface area contributed by atoms with Crippen molar-refractivity contribution in [3.05, 3.63) is 68.8 Å². The first kappa shape index (κ1) is 14.9. The monoisotopic (exact) mass is 368 g/mol. The minimum Gasteiger partial charge on any atom is -0.354 e. The minimum absolute atomic E-state index is 0.0933. The molecule has 0 aliphatic carbocycles. The summed E-state index contributed by atoms with van der Waals surface area (Å²) >= 11 is 3.38. The number of hydrogen-bond donors (Lipinski definition) is 1. The van der Waals surface area contributed by atoms with Gasteiger partial charge < -0.3 is 5.32 Å². The molecule has 0 fully saturated rings. The highest BCUT2D eigenvalue weighted by molar-refractivity contribution is 9.10. The van der Waals surface area contributed by atoms with Crippen LogP contribution in [0.25, 0.3) is 10.9 Å². The number of pyridine rings is 1. The Labute approximate surface area is 139 Å². The fourth-order valence-electron chi connectivity index (χ4n) is 2.28. The fourth-order valence-corrected chi connectivity index (χ4v) is 2.68. The highest BCUT2D eigenvalue weighted by Gasteiger charge is 2.17. The average molecular weight is 369 g/mol. The molecule has 0 spiro atoms. The second kappa shape index (κ2) is 6.02. The SMILES string of the molecule is N#Cc1cnc2c([N+](=O)[O-])cccc2c1Nc1cccc(Br)c1. The molecule has 6 nitrogen and oxygen atoms in total. The van der Waals surface area contributed by atoms with Gasteiger partial charge in [0.05, 0.1) is 16.2 Å². The number of nitro benzene ring substituents is 1. The molecule has 112 valence electrons. The Bertz CT molecular complexity index is 966. The van der Waals surface area contributed by atoms with Crippen LogP contribution in [0, 0.1) is 21.4 Å². The summed E-state index contributed by atoms with van der Waals surface area (Å²) in [4.78, 5) is 14.8. The van der Waals surface area contributed by atoms with Crippen LogP contribution < -0.4 is 5.32 Å². The molecule has 0 saturated heterocycles. The molecule has 0 aliphatic rings. The minimum atomic E-state index is -0.482. The van der Waals surface area contributed by atoms with Crippen molar-refractivity contribution in [1.29, 1.82) is 5.26 Å². The highest BCUT2D eigenvalue weighted by atomic mass is 79.9. The van der Waals surface area contributed by atoms with Crippen molar-refractivity contribution in [3.8, 4) is 6.07 Å². The van der Waals surface area contributed by atoms with E-state index in [1.807, 2.05) is 24.3 Å². The van der Waals surface area contributed by atoms with E-state index in [1.165, 1.54) is 12.3 Å². The molecule has 3 aromatic rings. The molecule has 0 radical (unpaired) electrons. The number of nitrogens with zero attached hydrogens (tertiary/aromatic N) is 3. The van der Waals surface area contributed by atoms with Gasteiger partial charge in [-0.2, -0.15) is 5.26 Å². The van der Waals surface area contributed by atoms with Gasteiger partial charge in [-0.1, -0.05) is 34.1 Å². The van der Waals surface area contributed by atoms with Gasteiger partial charge in [-0.25, -0.2) is 4.98 Å². The predicted octanol–water partition coefficient (Wildman–Crippen LogP) is 4.52. The summed E-state index contributed by atoms with van der Waals surface area (Å²) < 4.78 is 0.880. The van der Waals surface area contributed by atoms with Crippen molar-refractivity contribution in [3.63, 3.8) is 0 Å². The van der Waals surface area contributed by atoms with Crippen LogP contribution in [0.3, 0.4) is 0 Å². The molecule has 0 bridgehead atoms. The van der Waals surface area contributed by atoms with Gasteiger partial charge in [0, 0.05) is 27.8 Å². The Kier molecular flexibility index (Phi) is 3.91. The van der Waals surface area contributed by atoms with Crippen LogP contribution in [0.15, 0.2) is 53.1 Å². The molecular weight excluding hydrogens is 360 g/mol. The van der Waals surface area contributed by atoms with Crippen LogP contribution in [-0.2, 0) is 0 Å². The van der Waals surface area contributed by atoms with Crippen LogP contribution >= 0.6 is 15.9 Å². The third-order valence-corrected chi connectivity index (χ3v) is 3.78. The molecule has 3 rings (SSSR count). The van der Waals surface area contributed by atoms with Gasteiger partial charge in [-0.15, -0.1) is 0 Å². The maximum Gasteiger partial charge on any atom is 0.295 e. The molecule has 1 heterocycles. The molecular formula is C16H9BrN4O2. The topological polar surface area (TPSA) is 91.8 Å². The number of rotatable bonds is 3. The molecule has 0 amide bonds. The number of anilines is 2. The summed E-state index contributed by atoms with van der Waals surface area (Å²) in [6.07, 6.45) is 1.34. The highest BCUT2D eigenvalue weighted by Crippen LogP contribution is 2.33. The van der Waals surface area contributed by atoms with E-state index in [4.69, 9.17) is 0 Å². The quantitative estimate of drug-likeness (QED) is 0.541. The van der Waals surface area contributed by atoms with Crippen LogP contribution in [0.2, 0.25) is 0 Å². The summed E-state index contributed by atoms with van der Waals surface area (Å²) in [5, 5.41) is 24.2. The third kappa shape index (κ3) is 2.84. The largest absolute Gasteiger partial charge is 0.354 e. The zero-order chi connectivity index (χ0) is 16.4. The maximum atomic E-state index is 11.2. The van der Waals surface area contributed by atoms with E-state index in [2.05, 4.69) is 32.3 Å². The summed E-state index contributed by atoms with van der Waals surface area (Å²) in [7, 11) is 0. The van der Waals surface area contributed by atoms with Crippen molar-refractivity contribution < 1.29 is 4.92 Å². The zero-order valence-corrected chi connectivity index (χ0v) is 13.2. The van der Waals surface area contributed by atoms with E-state index in [1.54, 1.807) is 12.1 Å². The number of halogens is 1. The van der Waals surface area contributed by atoms with Gasteiger partial charge in [-0.3, -0.25) is 10.1 Å². The Hall–Kier alpha value is -2.98. The van der Waals surface area contributed by atoms with Gasteiger partial charge in [-0.05, 0) is 18.2 Å². The molecule has 2 aromatic carbocycles. The van der Waals surface area contributed by atoms with E-state index in [-0.39, 0.29) is 11.2 Å². The van der Waals surface area contributed by atoms with Crippen molar-refractivity contribution in [1.82, 2.24) is 4.98 Å². The Balaban J connectivity index is 2.23. The number of hydrogen-bond acceptors (Lipinski definition) is 5. The lowest BCUT2D eigenvalue weighted by Gasteiger charge is -2.11. The zero-order valence-electron chi connectivity index (χ0n) is 11.7. The Morgan fingerprint density at radius 3 is 2.74 bits per heavy atom. The standard InChI is InChI=1S/C16H9BrN4O2/c17-11-3-1-4-12(7-11)20-15-10(8-18)9-19-16-13(15)5-2-6-14(16)21(22)23/h1-7,9H,(H,19,20). The van der Waals surface area contributed by atoms with Crippen LogP contribution in [-0.4, -0.2) is 9.91 Å². The molecule has 0 unspecified atom stereocenters. The van der Waals surface area contributed by atoms with E-state index < -0.39 is 4.92 Å². The molecule has 1 N–H and O–H groups in total. The maximum absolute atomic E-state index is 11.2. The van der Waals surface area contributed by atoms with E-state index in [9.17, 15) is 15.4 Å². The van der Waals surface area contributed by atoms with Gasteiger partial charge in [0.15, 0.2) is 0 Å². The van der Waals surface area contributed by atoms with Crippen molar-refractivity contribution in [2.24, 2.45) is 0 Å². The van der Waals surface area contributed by atoms with Crippen LogP contribution in [0.5, 0.6) is 0 Å². The molecule has 23 heavy (non-hydrogen) atoms. The first-order valence-electron chi connectivity index (χ1n) is 6.59. The molecule has 0 aliphatic heterocycles. The van der Waals surface area contributed by atoms with Crippen LogP contribution in [0.4, 0.5) is 17.1 Å². The lowest BCUT2D eigenvalue weighted by molar-refractivity contribution is -0.383. The molecule has 0 atom stereocenters. The number of nitriles is 1. The lowest BCUT2D eigenvalue weighted by Crippen LogP contribution is -1.99. The first-order chi connectivity index (χ1) is 11.1. The number of nitrogens with one attached hydrogen (secondary N) is 1. The second-order valence-corrected chi connectivity index (χ2v) is 5.64. The Morgan fingerprint density at radius 1 is 1.26 bits per heavy atom. The fraction of sp³-hybridized carbons (Fsp3) is 0. The molecule has 7 heteroatoms. The van der Waals surface area contributed by atoms with Gasteiger partial charge in [0.25, 0.3) is 5.69 Å². The summed E-state index contributed by atoms with van der Waals surface area (Å²) in [6.45, 7) is 0. The summed E-state index contributed by atoms with van der Waals surface area (Å²) in [6, 6.07) is 14.2. The number of non-ortho nitro benzene ring substituents is 1. The average Bonchev–Trinajstić information content (AvgIpc) is 2.54. The molecule has 1 aromatic heterocycles. The molecule has 0 saturated carbocycles. The Morgan fingerprint density at radius 2 is 2.04 bits per heavy atom. The van der Waals surface area contributed by atoms with Crippen molar-refractivity contribution in [2.45, 2.75) is 0 Å². The van der Waals surface area contributed by atoms with Crippen molar-refractivity contribution >= 4 is 43.9 Å². The van der Waals surface area contributed by atoms with Gasteiger partial charge >= 0.3 is 0 Å². The number of para-hydroxylation sites is 1. The van der Waals surface area contributed by atoms with Gasteiger partial charge in [0.1, 0.15) is 11.6 Å². The summed E-state index contributed by atoms with van der Waals surface area (Å²) in [5.41, 5.74) is 1.73. The van der Waals surface area contributed by atoms with E-state index in [0.717, 1.165) is 10.2 Å². The second-order valence-electron chi connectivity index (χ2n) is 4.72. The number of aromatic nitrogens is 1. The third-order valence-electron chi connectivity index (χ3n) is 3.29. The predicted molar refractivity (Wildman–Crippen MR) is 90.5 cm³/mol. The number of benzene rings is 2. The lowest BCUT2D eigenvalue weighted by atomic mass is 10.1. The van der Waals surface area contributed by atoms with E-state index in [0.29, 0.717) is 16.6 Å². The summed E-state index contributed by atoms with van der Waals surface area (Å²) in [5.74, 6) is 0. The van der Waals surface area contributed by atoms with E-state index >= 15 is 0 Å². The first-order valence-corrected chi connectivity index (χ1v) is 7.38. The van der Waals surface area contributed by atoms with Crippen molar-refractivity contribution in [2.75, 3.05) is 5.32 Å². The van der Waals surface area contributed by atoms with Gasteiger partial charge in [0.2, 0.25) is 0 Å².